The van der Waals surface area contributed by atoms with Gasteiger partial charge in [-0.1, -0.05) is 36.4 Å². The molecule has 0 saturated carbocycles. The zero-order valence-corrected chi connectivity index (χ0v) is 19.2. The van der Waals surface area contributed by atoms with Gasteiger partial charge in [0.15, 0.2) is 0 Å². The Balaban J connectivity index is 1.42. The third-order valence-corrected chi connectivity index (χ3v) is 6.70. The first-order valence-electron chi connectivity index (χ1n) is 10.2. The molecule has 7 nitrogen and oxygen atoms in total. The zero-order valence-electron chi connectivity index (χ0n) is 17.6. The lowest BCUT2D eigenvalue weighted by molar-refractivity contribution is -0.116. The van der Waals surface area contributed by atoms with E-state index in [0.29, 0.717) is 13.0 Å². The van der Waals surface area contributed by atoms with Crippen molar-refractivity contribution in [1.82, 2.24) is 15.1 Å². The molecule has 4 rings (SSSR count). The van der Waals surface area contributed by atoms with Crippen molar-refractivity contribution < 1.29 is 13.2 Å². The van der Waals surface area contributed by atoms with Gasteiger partial charge >= 0.3 is 0 Å². The topological polar surface area (TPSA) is 107 Å². The van der Waals surface area contributed by atoms with Gasteiger partial charge in [-0.25, -0.2) is 18.2 Å². The molecule has 0 aliphatic rings. The van der Waals surface area contributed by atoms with Crippen LogP contribution in [0.2, 0.25) is 0 Å². The number of rotatable bonds is 8. The highest BCUT2D eigenvalue weighted by molar-refractivity contribution is 7.89. The fraction of sp³-hybridized carbons (Fsp3) is 0.0833. The van der Waals surface area contributed by atoms with Crippen molar-refractivity contribution in [2.45, 2.75) is 11.3 Å². The van der Waals surface area contributed by atoms with Crippen LogP contribution in [0, 0.1) is 0 Å². The van der Waals surface area contributed by atoms with Crippen LogP contribution >= 0.6 is 11.3 Å². The highest BCUT2D eigenvalue weighted by atomic mass is 32.2. The van der Waals surface area contributed by atoms with Crippen LogP contribution in [0.3, 0.4) is 0 Å². The number of nitrogens with zero attached hydrogens (tertiary/aromatic N) is 2. The van der Waals surface area contributed by atoms with Gasteiger partial charge in [-0.2, -0.15) is 5.10 Å². The molecule has 0 bridgehead atoms. The molecule has 0 aliphatic carbocycles. The summed E-state index contributed by atoms with van der Waals surface area (Å²) in [5, 5.41) is 14.7. The monoisotopic (exact) mass is 478 g/mol. The van der Waals surface area contributed by atoms with Gasteiger partial charge in [-0.3, -0.25) is 4.79 Å². The summed E-state index contributed by atoms with van der Waals surface area (Å²) in [6.07, 6.45) is 5.73. The van der Waals surface area contributed by atoms with Crippen LogP contribution in [0.15, 0.2) is 89.3 Å². The Morgan fingerprint density at radius 1 is 1.06 bits per heavy atom. The van der Waals surface area contributed by atoms with Crippen molar-refractivity contribution in [3.63, 3.8) is 0 Å². The van der Waals surface area contributed by atoms with E-state index in [1.54, 1.807) is 34.2 Å². The molecule has 168 valence electrons. The molecule has 0 radical (unpaired) electrons. The molecule has 9 heteroatoms. The molecule has 0 aliphatic heterocycles. The maximum absolute atomic E-state index is 12.3. The predicted octanol–water partition coefficient (Wildman–Crippen LogP) is 3.62. The number of nitrogens with one attached hydrogen (secondary N) is 1. The summed E-state index contributed by atoms with van der Waals surface area (Å²) in [5.41, 5.74) is 3.49. The highest BCUT2D eigenvalue weighted by Crippen LogP contribution is 2.28. The summed E-state index contributed by atoms with van der Waals surface area (Å²) >= 11 is 1.59. The van der Waals surface area contributed by atoms with Gasteiger partial charge in [0.2, 0.25) is 15.9 Å². The Hall–Kier alpha value is -3.53. The number of thiophene rings is 1. The van der Waals surface area contributed by atoms with Gasteiger partial charge < -0.3 is 5.32 Å². The lowest BCUT2D eigenvalue weighted by Gasteiger charge is -2.04. The molecule has 1 amide bonds. The van der Waals surface area contributed by atoms with Crippen LogP contribution in [0.4, 0.5) is 0 Å². The molecule has 2 aromatic heterocycles. The molecule has 0 saturated heterocycles. The number of carbonyl (C=O) groups excluding carboxylic acids is 1. The summed E-state index contributed by atoms with van der Waals surface area (Å²) in [7, 11) is -3.71. The molecule has 0 atom stereocenters. The van der Waals surface area contributed by atoms with E-state index in [1.807, 2.05) is 54.0 Å². The van der Waals surface area contributed by atoms with E-state index < -0.39 is 10.0 Å². The molecule has 0 spiro atoms. The smallest absolute Gasteiger partial charge is 0.244 e. The molecule has 0 fully saturated rings. The van der Waals surface area contributed by atoms with Gasteiger partial charge in [0.05, 0.1) is 15.5 Å². The van der Waals surface area contributed by atoms with Crippen molar-refractivity contribution in [3.05, 3.63) is 95.5 Å². The number of sulfonamides is 1. The van der Waals surface area contributed by atoms with Gasteiger partial charge in [0.1, 0.15) is 5.69 Å². The van der Waals surface area contributed by atoms with Gasteiger partial charge in [0.25, 0.3) is 0 Å². The molecular weight excluding hydrogens is 456 g/mol. The molecular formula is C24H22N4O3S2. The number of benzene rings is 2. The maximum Gasteiger partial charge on any atom is 0.244 e. The molecule has 2 heterocycles. The second-order valence-electron chi connectivity index (χ2n) is 7.25. The Labute approximate surface area is 196 Å². The van der Waals surface area contributed by atoms with Crippen molar-refractivity contribution in [1.29, 1.82) is 0 Å². The molecule has 33 heavy (non-hydrogen) atoms. The molecule has 3 N–H and O–H groups in total. The first-order chi connectivity index (χ1) is 15.9. The lowest BCUT2D eigenvalue weighted by atomic mass is 10.1. The van der Waals surface area contributed by atoms with E-state index in [-0.39, 0.29) is 10.8 Å². The third-order valence-electron chi connectivity index (χ3n) is 4.90. The quantitative estimate of drug-likeness (QED) is 0.377. The number of amides is 1. The zero-order chi connectivity index (χ0) is 23.3. The maximum atomic E-state index is 12.3. The normalized spacial score (nSPS) is 11.7. The van der Waals surface area contributed by atoms with Crippen LogP contribution < -0.4 is 10.5 Å². The largest absolute Gasteiger partial charge is 0.352 e. The number of hydrogen-bond acceptors (Lipinski definition) is 5. The van der Waals surface area contributed by atoms with Gasteiger partial charge in [-0.05, 0) is 53.8 Å². The number of nitrogens with two attached hydrogens (primary N) is 1. The second-order valence-corrected chi connectivity index (χ2v) is 9.76. The van der Waals surface area contributed by atoms with E-state index in [2.05, 4.69) is 5.32 Å². The van der Waals surface area contributed by atoms with Crippen LogP contribution in [0.1, 0.15) is 11.1 Å². The minimum absolute atomic E-state index is 0.0656. The van der Waals surface area contributed by atoms with Crippen molar-refractivity contribution in [2.75, 3.05) is 6.54 Å². The average Bonchev–Trinajstić information content (AvgIpc) is 3.48. The predicted molar refractivity (Wildman–Crippen MR) is 130 cm³/mol. The second kappa shape index (κ2) is 9.95. The van der Waals surface area contributed by atoms with Gasteiger partial charge in [-0.15, -0.1) is 11.3 Å². The Morgan fingerprint density at radius 2 is 1.82 bits per heavy atom. The standard InChI is InChI=1S/C24H22N4O3S2/c25-33(30,31)21-11-8-18(9-12-21)14-15-26-23(29)13-10-19-17-28(20-5-2-1-3-6-20)27-24(19)22-7-4-16-32-22/h1-13,16-17H,14-15H2,(H,26,29)(H2,25,30,31)/b13-10+. The first-order valence-corrected chi connectivity index (χ1v) is 12.6. The number of primary sulfonamides is 1. The summed E-state index contributed by atoms with van der Waals surface area (Å²) < 4.78 is 24.5. The third kappa shape index (κ3) is 5.83. The fourth-order valence-electron chi connectivity index (χ4n) is 3.23. The van der Waals surface area contributed by atoms with Crippen LogP contribution in [-0.4, -0.2) is 30.7 Å². The van der Waals surface area contributed by atoms with E-state index in [0.717, 1.165) is 27.4 Å². The Morgan fingerprint density at radius 3 is 2.48 bits per heavy atom. The van der Waals surface area contributed by atoms with Crippen LogP contribution in [0.25, 0.3) is 22.3 Å². The molecule has 2 aromatic carbocycles. The van der Waals surface area contributed by atoms with E-state index >= 15 is 0 Å². The molecule has 4 aromatic rings. The van der Waals surface area contributed by atoms with Crippen molar-refractivity contribution >= 4 is 33.3 Å². The minimum atomic E-state index is -3.71. The highest BCUT2D eigenvalue weighted by Gasteiger charge is 2.12. The van der Waals surface area contributed by atoms with Gasteiger partial charge in [0, 0.05) is 24.4 Å². The molecule has 0 unspecified atom stereocenters. The van der Waals surface area contributed by atoms with Crippen molar-refractivity contribution in [3.8, 4) is 16.3 Å². The Bertz CT molecular complexity index is 1360. The number of carbonyl (C=O) groups is 1. The van der Waals surface area contributed by atoms with Crippen LogP contribution in [0.5, 0.6) is 0 Å². The summed E-state index contributed by atoms with van der Waals surface area (Å²) in [4.78, 5) is 13.4. The number of para-hydroxylation sites is 1. The summed E-state index contributed by atoms with van der Waals surface area (Å²) in [6, 6.07) is 20.1. The van der Waals surface area contributed by atoms with Crippen molar-refractivity contribution in [2.24, 2.45) is 5.14 Å². The summed E-state index contributed by atoms with van der Waals surface area (Å²) in [5.74, 6) is -0.222. The SMILES string of the molecule is NS(=O)(=O)c1ccc(CCNC(=O)/C=C/c2cn(-c3ccccc3)nc2-c2cccs2)cc1. The number of hydrogen-bond donors (Lipinski definition) is 2. The van der Waals surface area contributed by atoms with E-state index in [1.165, 1.54) is 18.2 Å². The minimum Gasteiger partial charge on any atom is -0.352 e. The summed E-state index contributed by atoms with van der Waals surface area (Å²) in [6.45, 7) is 0.416. The Kier molecular flexibility index (Phi) is 6.83. The average molecular weight is 479 g/mol. The number of aromatic nitrogens is 2. The van der Waals surface area contributed by atoms with E-state index in [4.69, 9.17) is 10.2 Å². The van der Waals surface area contributed by atoms with E-state index in [9.17, 15) is 13.2 Å². The first kappa shape index (κ1) is 22.7. The van der Waals surface area contributed by atoms with Crippen LogP contribution in [-0.2, 0) is 21.2 Å². The fourth-order valence-corrected chi connectivity index (χ4v) is 4.47. The lowest BCUT2D eigenvalue weighted by Crippen LogP contribution is -2.23.